The van der Waals surface area contributed by atoms with Crippen molar-refractivity contribution in [3.05, 3.63) is 29.8 Å². The van der Waals surface area contributed by atoms with Crippen LogP contribution in [0.1, 0.15) is 31.9 Å². The van der Waals surface area contributed by atoms with Crippen molar-refractivity contribution in [3.8, 4) is 0 Å². The molecule has 1 fully saturated rings. The van der Waals surface area contributed by atoms with Crippen LogP contribution in [0.4, 0.5) is 4.39 Å². The van der Waals surface area contributed by atoms with E-state index in [0.717, 1.165) is 31.0 Å². The minimum Gasteiger partial charge on any atom is -0.313 e. The Bertz CT molecular complexity index is 319. The molecule has 0 amide bonds. The molecule has 0 bridgehead atoms. The van der Waals surface area contributed by atoms with Gasteiger partial charge >= 0.3 is 0 Å². The minimum atomic E-state index is -0.256. The van der Waals surface area contributed by atoms with Crippen LogP contribution in [0.2, 0.25) is 0 Å². The monoisotopic (exact) mass is 222 g/mol. The number of nitrogens with zero attached hydrogens (tertiary/aromatic N) is 1. The first-order chi connectivity index (χ1) is 7.79. The summed E-state index contributed by atoms with van der Waals surface area (Å²) < 4.78 is 12.7. The van der Waals surface area contributed by atoms with Gasteiger partial charge in [-0.2, -0.15) is 0 Å². The van der Waals surface area contributed by atoms with Gasteiger partial charge in [-0.3, -0.25) is 4.98 Å². The molecule has 0 saturated heterocycles. The van der Waals surface area contributed by atoms with Gasteiger partial charge in [-0.1, -0.05) is 6.92 Å². The van der Waals surface area contributed by atoms with Crippen LogP contribution in [0.25, 0.3) is 0 Å². The van der Waals surface area contributed by atoms with Gasteiger partial charge in [0.25, 0.3) is 0 Å². The second kappa shape index (κ2) is 5.39. The highest BCUT2D eigenvalue weighted by Gasteiger charge is 2.30. The molecule has 1 aliphatic rings. The van der Waals surface area contributed by atoms with Crippen molar-refractivity contribution in [2.45, 2.75) is 38.6 Å². The van der Waals surface area contributed by atoms with E-state index in [0.29, 0.717) is 6.04 Å². The van der Waals surface area contributed by atoms with Crippen molar-refractivity contribution < 1.29 is 4.39 Å². The molecule has 88 valence electrons. The predicted molar refractivity (Wildman–Crippen MR) is 62.7 cm³/mol. The highest BCUT2D eigenvalue weighted by atomic mass is 19.1. The van der Waals surface area contributed by atoms with Crippen molar-refractivity contribution >= 4 is 0 Å². The molecular formula is C13H19FN2. The van der Waals surface area contributed by atoms with Crippen LogP contribution in [-0.4, -0.2) is 17.6 Å². The Hall–Kier alpha value is -0.960. The van der Waals surface area contributed by atoms with E-state index in [1.165, 1.54) is 25.1 Å². The average molecular weight is 222 g/mol. The zero-order valence-corrected chi connectivity index (χ0v) is 9.75. The highest BCUT2D eigenvalue weighted by molar-refractivity contribution is 5.08. The largest absolute Gasteiger partial charge is 0.313 e. The maximum absolute atomic E-state index is 12.7. The van der Waals surface area contributed by atoms with Crippen LogP contribution in [-0.2, 0) is 6.42 Å². The normalized spacial score (nSPS) is 17.4. The number of nitrogens with one attached hydrogen (secondary N) is 1. The number of aromatic nitrogens is 1. The molecule has 1 heterocycles. The maximum Gasteiger partial charge on any atom is 0.141 e. The van der Waals surface area contributed by atoms with Gasteiger partial charge in [0, 0.05) is 18.2 Å². The summed E-state index contributed by atoms with van der Waals surface area (Å²) in [5.74, 6) is 0.548. The van der Waals surface area contributed by atoms with Gasteiger partial charge < -0.3 is 5.32 Å². The van der Waals surface area contributed by atoms with E-state index >= 15 is 0 Å². The van der Waals surface area contributed by atoms with Crippen LogP contribution in [0.15, 0.2) is 18.3 Å². The summed E-state index contributed by atoms with van der Waals surface area (Å²) in [7, 11) is 0. The Morgan fingerprint density at radius 1 is 1.50 bits per heavy atom. The Labute approximate surface area is 96.3 Å². The van der Waals surface area contributed by atoms with Crippen LogP contribution < -0.4 is 5.32 Å². The quantitative estimate of drug-likeness (QED) is 0.800. The van der Waals surface area contributed by atoms with Gasteiger partial charge in [-0.05, 0) is 43.9 Å². The molecule has 1 unspecified atom stereocenters. The number of pyridine rings is 1. The smallest absolute Gasteiger partial charge is 0.141 e. The van der Waals surface area contributed by atoms with E-state index in [9.17, 15) is 4.39 Å². The summed E-state index contributed by atoms with van der Waals surface area (Å²) in [5.41, 5.74) is 0.988. The predicted octanol–water partition coefficient (Wildman–Crippen LogP) is 2.54. The maximum atomic E-state index is 12.7. The molecule has 0 spiro atoms. The van der Waals surface area contributed by atoms with Crippen molar-refractivity contribution in [1.29, 1.82) is 0 Å². The van der Waals surface area contributed by atoms with E-state index < -0.39 is 0 Å². The second-order valence-electron chi connectivity index (χ2n) is 4.57. The lowest BCUT2D eigenvalue weighted by Crippen LogP contribution is -2.33. The first kappa shape index (κ1) is 11.5. The summed E-state index contributed by atoms with van der Waals surface area (Å²) >= 11 is 0. The molecule has 16 heavy (non-hydrogen) atoms. The van der Waals surface area contributed by atoms with E-state index in [-0.39, 0.29) is 5.82 Å². The van der Waals surface area contributed by atoms with E-state index in [4.69, 9.17) is 0 Å². The van der Waals surface area contributed by atoms with Gasteiger partial charge in [0.2, 0.25) is 0 Å². The summed E-state index contributed by atoms with van der Waals surface area (Å²) in [6, 6.07) is 3.81. The van der Waals surface area contributed by atoms with E-state index in [1.54, 1.807) is 6.07 Å². The number of rotatable bonds is 6. The van der Waals surface area contributed by atoms with E-state index in [1.807, 2.05) is 0 Å². The zero-order valence-electron chi connectivity index (χ0n) is 9.75. The van der Waals surface area contributed by atoms with Crippen molar-refractivity contribution in [2.24, 2.45) is 5.92 Å². The number of halogens is 1. The molecule has 1 atom stereocenters. The first-order valence-electron chi connectivity index (χ1n) is 6.13. The van der Waals surface area contributed by atoms with Gasteiger partial charge in [0.05, 0.1) is 6.20 Å². The third-order valence-electron chi connectivity index (χ3n) is 3.07. The average Bonchev–Trinajstić information content (AvgIpc) is 3.11. The van der Waals surface area contributed by atoms with Crippen molar-refractivity contribution in [1.82, 2.24) is 10.3 Å². The molecule has 0 aliphatic heterocycles. The van der Waals surface area contributed by atoms with Gasteiger partial charge in [-0.15, -0.1) is 0 Å². The van der Waals surface area contributed by atoms with Crippen LogP contribution in [0.5, 0.6) is 0 Å². The van der Waals surface area contributed by atoms with Crippen LogP contribution in [0, 0.1) is 11.7 Å². The molecule has 1 N–H and O–H groups in total. The summed E-state index contributed by atoms with van der Waals surface area (Å²) in [4.78, 5) is 4.12. The standard InChI is InChI=1S/C13H19FN2/c1-2-7-15-13(10-3-4-10)8-12-6-5-11(14)9-16-12/h5-6,9-10,13,15H,2-4,7-8H2,1H3. The molecule has 1 aromatic rings. The molecule has 2 nitrogen and oxygen atoms in total. The topological polar surface area (TPSA) is 24.9 Å². The van der Waals surface area contributed by atoms with Gasteiger partial charge in [0.1, 0.15) is 5.82 Å². The third kappa shape index (κ3) is 3.27. The fraction of sp³-hybridized carbons (Fsp3) is 0.615. The Morgan fingerprint density at radius 2 is 2.31 bits per heavy atom. The lowest BCUT2D eigenvalue weighted by atomic mass is 10.1. The van der Waals surface area contributed by atoms with E-state index in [2.05, 4.69) is 17.2 Å². The first-order valence-corrected chi connectivity index (χ1v) is 6.13. The fourth-order valence-electron chi connectivity index (χ4n) is 1.99. The van der Waals surface area contributed by atoms with Crippen LogP contribution >= 0.6 is 0 Å². The molecule has 1 aromatic heterocycles. The second-order valence-corrected chi connectivity index (χ2v) is 4.57. The highest BCUT2D eigenvalue weighted by Crippen LogP contribution is 2.33. The van der Waals surface area contributed by atoms with Crippen LogP contribution in [0.3, 0.4) is 0 Å². The molecule has 2 rings (SSSR count). The fourth-order valence-corrected chi connectivity index (χ4v) is 1.99. The molecule has 0 radical (unpaired) electrons. The molecule has 1 saturated carbocycles. The SMILES string of the molecule is CCCNC(Cc1ccc(F)cn1)C1CC1. The van der Waals surface area contributed by atoms with Crippen molar-refractivity contribution in [3.63, 3.8) is 0 Å². The Morgan fingerprint density at radius 3 is 2.88 bits per heavy atom. The molecule has 1 aliphatic carbocycles. The minimum absolute atomic E-state index is 0.256. The molecule has 3 heteroatoms. The molecular weight excluding hydrogens is 203 g/mol. The number of hydrogen-bond acceptors (Lipinski definition) is 2. The third-order valence-corrected chi connectivity index (χ3v) is 3.07. The van der Waals surface area contributed by atoms with Gasteiger partial charge in [-0.25, -0.2) is 4.39 Å². The lowest BCUT2D eigenvalue weighted by molar-refractivity contribution is 0.455. The summed E-state index contributed by atoms with van der Waals surface area (Å²) in [6.45, 7) is 3.23. The van der Waals surface area contributed by atoms with Crippen molar-refractivity contribution in [2.75, 3.05) is 6.54 Å². The lowest BCUT2D eigenvalue weighted by Gasteiger charge is -2.17. The molecule has 0 aromatic carbocycles. The summed E-state index contributed by atoms with van der Waals surface area (Å²) in [6.07, 6.45) is 6.02. The Balaban J connectivity index is 1.91. The Kier molecular flexibility index (Phi) is 3.88. The van der Waals surface area contributed by atoms with Gasteiger partial charge in [0.15, 0.2) is 0 Å². The number of hydrogen-bond donors (Lipinski definition) is 1. The summed E-state index contributed by atoms with van der Waals surface area (Å²) in [5, 5.41) is 3.56. The zero-order chi connectivity index (χ0) is 11.4.